The summed E-state index contributed by atoms with van der Waals surface area (Å²) in [5, 5.41) is 13.5. The molecule has 0 spiro atoms. The highest BCUT2D eigenvalue weighted by Crippen LogP contribution is 2.21. The van der Waals surface area contributed by atoms with Crippen LogP contribution < -0.4 is 5.32 Å². The van der Waals surface area contributed by atoms with Crippen molar-refractivity contribution in [3.63, 3.8) is 0 Å². The molecule has 0 saturated carbocycles. The van der Waals surface area contributed by atoms with E-state index >= 15 is 0 Å². The summed E-state index contributed by atoms with van der Waals surface area (Å²) in [6, 6.07) is 4.13. The van der Waals surface area contributed by atoms with Crippen LogP contribution in [0.3, 0.4) is 0 Å². The van der Waals surface area contributed by atoms with E-state index in [1.165, 1.54) is 5.56 Å². The van der Waals surface area contributed by atoms with E-state index in [2.05, 4.69) is 29.4 Å². The number of carbonyl (C=O) groups is 1. The second kappa shape index (κ2) is 8.39. The number of aryl methyl sites for hydroxylation is 2. The lowest BCUT2D eigenvalue weighted by Crippen LogP contribution is -2.49. The molecule has 0 aliphatic rings. The second-order valence-electron chi connectivity index (χ2n) is 5.64. The van der Waals surface area contributed by atoms with Gasteiger partial charge in [0.15, 0.2) is 0 Å². The minimum absolute atomic E-state index is 0.625. The quantitative estimate of drug-likeness (QED) is 0.540. The van der Waals surface area contributed by atoms with Crippen LogP contribution in [0.4, 0.5) is 0 Å². The number of nitrogens with zero attached hydrogens (tertiary/aromatic N) is 1. The normalized spacial score (nSPS) is 13.9. The monoisotopic (exact) mass is 310 g/mol. The number of hydrogen-bond acceptors (Lipinski definition) is 4. The van der Waals surface area contributed by atoms with Crippen LogP contribution in [0, 0.1) is 13.8 Å². The second-order valence-corrected chi connectivity index (χ2v) is 6.76. The van der Waals surface area contributed by atoms with Crippen molar-refractivity contribution in [2.45, 2.75) is 57.5 Å². The number of pyridine rings is 1. The molecule has 0 aromatic carbocycles. The van der Waals surface area contributed by atoms with Crippen LogP contribution in [-0.4, -0.2) is 33.9 Å². The lowest BCUT2D eigenvalue weighted by Gasteiger charge is -2.26. The molecule has 1 atom stereocenters. The van der Waals surface area contributed by atoms with Crippen LogP contribution in [0.2, 0.25) is 0 Å². The van der Waals surface area contributed by atoms with Gasteiger partial charge < -0.3 is 10.4 Å². The summed E-state index contributed by atoms with van der Waals surface area (Å²) in [6.07, 6.45) is 2.41. The first-order chi connectivity index (χ1) is 9.87. The first-order valence-electron chi connectivity index (χ1n) is 7.44. The summed E-state index contributed by atoms with van der Waals surface area (Å²) in [7, 11) is 0. The standard InChI is InChI=1S/C16H26N2O2S/c1-5-8-17-16(4,15(19)20)7-6-9-21-14-11-12(2)10-13(3)18-14/h10-11,17H,5-9H2,1-4H3,(H,19,20). The van der Waals surface area contributed by atoms with E-state index in [1.54, 1.807) is 18.7 Å². The average molecular weight is 310 g/mol. The summed E-state index contributed by atoms with van der Waals surface area (Å²) in [4.78, 5) is 15.9. The lowest BCUT2D eigenvalue weighted by molar-refractivity contribution is -0.144. The van der Waals surface area contributed by atoms with Crippen LogP contribution in [-0.2, 0) is 4.79 Å². The maximum atomic E-state index is 11.4. The van der Waals surface area contributed by atoms with Gasteiger partial charge in [0.25, 0.3) is 0 Å². The fraction of sp³-hybridized carbons (Fsp3) is 0.625. The largest absolute Gasteiger partial charge is 0.480 e. The molecule has 0 bridgehead atoms. The van der Waals surface area contributed by atoms with Gasteiger partial charge in [0, 0.05) is 5.69 Å². The van der Waals surface area contributed by atoms with Crippen molar-refractivity contribution in [1.82, 2.24) is 10.3 Å². The molecule has 0 radical (unpaired) electrons. The van der Waals surface area contributed by atoms with Crippen LogP contribution in [0.5, 0.6) is 0 Å². The van der Waals surface area contributed by atoms with E-state index in [0.29, 0.717) is 6.42 Å². The first-order valence-corrected chi connectivity index (χ1v) is 8.42. The van der Waals surface area contributed by atoms with Gasteiger partial charge in [0.1, 0.15) is 5.54 Å². The maximum Gasteiger partial charge on any atom is 0.323 e. The molecule has 0 saturated heterocycles. The Morgan fingerprint density at radius 1 is 1.43 bits per heavy atom. The van der Waals surface area contributed by atoms with Crippen molar-refractivity contribution in [3.05, 3.63) is 23.4 Å². The Bertz CT molecular complexity index is 459. The van der Waals surface area contributed by atoms with Gasteiger partial charge >= 0.3 is 5.97 Å². The zero-order valence-electron chi connectivity index (χ0n) is 13.4. The molecule has 2 N–H and O–H groups in total. The number of thioether (sulfide) groups is 1. The number of aliphatic carboxylic acids is 1. The number of nitrogens with one attached hydrogen (secondary N) is 1. The SMILES string of the molecule is CCCNC(C)(CCCSc1cc(C)cc(C)n1)C(=O)O. The third kappa shape index (κ3) is 6.06. The molecule has 1 aromatic rings. The van der Waals surface area contributed by atoms with E-state index < -0.39 is 11.5 Å². The minimum Gasteiger partial charge on any atom is -0.480 e. The molecular weight excluding hydrogens is 284 g/mol. The highest BCUT2D eigenvalue weighted by atomic mass is 32.2. The summed E-state index contributed by atoms with van der Waals surface area (Å²) in [5.41, 5.74) is 1.41. The number of carboxylic acid groups (broad SMARTS) is 1. The molecule has 4 nitrogen and oxygen atoms in total. The predicted molar refractivity (Wildman–Crippen MR) is 88.0 cm³/mol. The number of carboxylic acids is 1. The van der Waals surface area contributed by atoms with Gasteiger partial charge in [-0.2, -0.15) is 0 Å². The van der Waals surface area contributed by atoms with E-state index in [4.69, 9.17) is 0 Å². The van der Waals surface area contributed by atoms with Crippen LogP contribution in [0.25, 0.3) is 0 Å². The van der Waals surface area contributed by atoms with Crippen molar-refractivity contribution >= 4 is 17.7 Å². The van der Waals surface area contributed by atoms with Crippen molar-refractivity contribution in [2.24, 2.45) is 0 Å². The van der Waals surface area contributed by atoms with Gasteiger partial charge in [-0.3, -0.25) is 4.79 Å². The summed E-state index contributed by atoms with van der Waals surface area (Å²) < 4.78 is 0. The number of rotatable bonds is 9. The fourth-order valence-corrected chi connectivity index (χ4v) is 3.13. The molecule has 1 rings (SSSR count). The molecule has 0 amide bonds. The van der Waals surface area contributed by atoms with Gasteiger partial charge in [-0.25, -0.2) is 4.98 Å². The zero-order chi connectivity index (χ0) is 15.9. The van der Waals surface area contributed by atoms with E-state index in [-0.39, 0.29) is 0 Å². The first kappa shape index (κ1) is 18.0. The van der Waals surface area contributed by atoms with Crippen molar-refractivity contribution in [1.29, 1.82) is 0 Å². The van der Waals surface area contributed by atoms with Crippen LogP contribution >= 0.6 is 11.8 Å². The molecule has 0 aliphatic heterocycles. The fourth-order valence-electron chi connectivity index (χ4n) is 2.15. The van der Waals surface area contributed by atoms with E-state index in [9.17, 15) is 9.90 Å². The molecule has 0 fully saturated rings. The number of aromatic nitrogens is 1. The Balaban J connectivity index is 2.45. The van der Waals surface area contributed by atoms with Gasteiger partial charge in [0.2, 0.25) is 0 Å². The van der Waals surface area contributed by atoms with Crippen molar-refractivity contribution in [2.75, 3.05) is 12.3 Å². The topological polar surface area (TPSA) is 62.2 Å². The summed E-state index contributed by atoms with van der Waals surface area (Å²) in [6.45, 7) is 8.60. The number of hydrogen-bond donors (Lipinski definition) is 2. The van der Waals surface area contributed by atoms with Crippen LogP contribution in [0.1, 0.15) is 44.4 Å². The smallest absolute Gasteiger partial charge is 0.323 e. The highest BCUT2D eigenvalue weighted by Gasteiger charge is 2.31. The van der Waals surface area contributed by atoms with Crippen molar-refractivity contribution < 1.29 is 9.90 Å². The Morgan fingerprint density at radius 2 is 2.14 bits per heavy atom. The van der Waals surface area contributed by atoms with Gasteiger partial charge in [-0.05, 0) is 70.0 Å². The van der Waals surface area contributed by atoms with Gasteiger partial charge in [0.05, 0.1) is 5.03 Å². The zero-order valence-corrected chi connectivity index (χ0v) is 14.2. The summed E-state index contributed by atoms with van der Waals surface area (Å²) >= 11 is 1.69. The Labute approximate surface area is 131 Å². The summed E-state index contributed by atoms with van der Waals surface area (Å²) in [5.74, 6) is 0.109. The maximum absolute atomic E-state index is 11.4. The van der Waals surface area contributed by atoms with Gasteiger partial charge in [-0.1, -0.05) is 6.92 Å². The Hall–Kier alpha value is -1.07. The molecule has 1 heterocycles. The third-order valence-electron chi connectivity index (χ3n) is 3.38. The molecule has 21 heavy (non-hydrogen) atoms. The molecule has 0 aliphatic carbocycles. The van der Waals surface area contributed by atoms with Crippen molar-refractivity contribution in [3.8, 4) is 0 Å². The Morgan fingerprint density at radius 3 is 2.71 bits per heavy atom. The molecular formula is C16H26N2O2S. The van der Waals surface area contributed by atoms with Crippen LogP contribution in [0.15, 0.2) is 17.2 Å². The molecule has 1 aromatic heterocycles. The predicted octanol–water partition coefficient (Wildman–Crippen LogP) is 3.41. The highest BCUT2D eigenvalue weighted by molar-refractivity contribution is 7.99. The third-order valence-corrected chi connectivity index (χ3v) is 4.38. The Kier molecular flexibility index (Phi) is 7.18. The minimum atomic E-state index is -0.827. The van der Waals surface area contributed by atoms with Gasteiger partial charge in [-0.15, -0.1) is 11.8 Å². The van der Waals surface area contributed by atoms with E-state index in [1.807, 2.05) is 13.8 Å². The molecule has 5 heteroatoms. The molecule has 1 unspecified atom stereocenters. The average Bonchev–Trinajstić information content (AvgIpc) is 2.40. The lowest BCUT2D eigenvalue weighted by atomic mass is 9.96. The molecule has 118 valence electrons. The van der Waals surface area contributed by atoms with E-state index in [0.717, 1.165) is 35.9 Å².